The van der Waals surface area contributed by atoms with Crippen LogP contribution in [0.3, 0.4) is 0 Å². The van der Waals surface area contributed by atoms with Crippen molar-refractivity contribution < 1.29 is 0 Å². The Morgan fingerprint density at radius 3 is 1.93 bits per heavy atom. The minimum atomic E-state index is 0.858. The van der Waals surface area contributed by atoms with Gasteiger partial charge in [0.25, 0.3) is 0 Å². The topological polar surface area (TPSA) is 34.0 Å². The fraction of sp³-hybridized carbons (Fsp3) is 0.0833. The lowest BCUT2D eigenvalue weighted by molar-refractivity contribution is 0.802. The normalized spacial score (nSPS) is 11.4. The first kappa shape index (κ1) is 19.0. The van der Waals surface area contributed by atoms with Crippen LogP contribution in [-0.2, 0) is 0 Å². The molecule has 0 spiro atoms. The molecule has 5 heteroatoms. The van der Waals surface area contributed by atoms with Crippen LogP contribution in [0.25, 0.3) is 11.8 Å². The third kappa shape index (κ3) is 4.41. The molecule has 0 N–H and O–H groups in total. The van der Waals surface area contributed by atoms with Gasteiger partial charge in [-0.2, -0.15) is 0 Å². The lowest BCUT2D eigenvalue weighted by Crippen LogP contribution is -2.09. The smallest absolute Gasteiger partial charge is 0.107 e. The molecule has 4 aromatic rings. The van der Waals surface area contributed by atoms with Crippen molar-refractivity contribution in [2.75, 3.05) is 11.2 Å². The van der Waals surface area contributed by atoms with Crippen molar-refractivity contribution in [2.45, 2.75) is 6.92 Å². The van der Waals surface area contributed by atoms with Crippen LogP contribution in [-0.4, -0.2) is 21.2 Å². The highest BCUT2D eigenvalue weighted by atomic mass is 32.2. The van der Waals surface area contributed by atoms with Crippen LogP contribution < -0.4 is 4.90 Å². The second-order valence-electron chi connectivity index (χ2n) is 6.57. The number of nitrogens with zero attached hydrogens (tertiary/aromatic N) is 4. The Morgan fingerprint density at radius 1 is 0.828 bits per heavy atom. The van der Waals surface area contributed by atoms with Gasteiger partial charge in [-0.05, 0) is 72.7 Å². The summed E-state index contributed by atoms with van der Waals surface area (Å²) in [5, 5.41) is 8.51. The Labute approximate surface area is 175 Å². The van der Waals surface area contributed by atoms with E-state index in [9.17, 15) is 0 Å². The van der Waals surface area contributed by atoms with E-state index in [4.69, 9.17) is 0 Å². The van der Waals surface area contributed by atoms with E-state index in [0.717, 1.165) is 28.4 Å². The molecule has 0 atom stereocenters. The van der Waals surface area contributed by atoms with Gasteiger partial charge in [0.2, 0.25) is 0 Å². The second kappa shape index (κ2) is 8.80. The quantitative estimate of drug-likeness (QED) is 0.373. The van der Waals surface area contributed by atoms with Crippen LogP contribution >= 0.6 is 11.8 Å². The van der Waals surface area contributed by atoms with Gasteiger partial charge in [0.1, 0.15) is 5.69 Å². The van der Waals surface area contributed by atoms with E-state index >= 15 is 0 Å². The van der Waals surface area contributed by atoms with Crippen LogP contribution in [0.2, 0.25) is 0 Å². The summed E-state index contributed by atoms with van der Waals surface area (Å²) in [5.74, 6) is 0. The van der Waals surface area contributed by atoms with Gasteiger partial charge in [0, 0.05) is 17.1 Å². The molecule has 0 unspecified atom stereocenters. The summed E-state index contributed by atoms with van der Waals surface area (Å²) in [6.45, 7) is 2.07. The average molecular weight is 399 g/mol. The molecule has 0 amide bonds. The van der Waals surface area contributed by atoms with Crippen molar-refractivity contribution in [3.8, 4) is 5.69 Å². The van der Waals surface area contributed by atoms with E-state index in [1.807, 2.05) is 24.4 Å². The summed E-state index contributed by atoms with van der Waals surface area (Å²) in [6, 6.07) is 29.1. The summed E-state index contributed by atoms with van der Waals surface area (Å²) in [7, 11) is 0. The van der Waals surface area contributed by atoms with E-state index in [1.54, 1.807) is 16.4 Å². The van der Waals surface area contributed by atoms with Crippen molar-refractivity contribution in [1.82, 2.24) is 15.0 Å². The Balaban J connectivity index is 1.66. The molecule has 0 fully saturated rings. The zero-order valence-electron chi connectivity index (χ0n) is 16.4. The van der Waals surface area contributed by atoms with Crippen LogP contribution in [0, 0.1) is 0 Å². The zero-order chi connectivity index (χ0) is 20.1. The molecule has 0 aliphatic heterocycles. The van der Waals surface area contributed by atoms with Gasteiger partial charge in [0.05, 0.1) is 11.9 Å². The molecular weight excluding hydrogens is 376 g/mol. The first-order valence-corrected chi connectivity index (χ1v) is 10.6. The van der Waals surface area contributed by atoms with Gasteiger partial charge in [-0.1, -0.05) is 41.6 Å². The van der Waals surface area contributed by atoms with Gasteiger partial charge < -0.3 is 4.90 Å². The third-order valence-corrected chi connectivity index (χ3v) is 5.35. The van der Waals surface area contributed by atoms with Gasteiger partial charge >= 0.3 is 0 Å². The number of hydrogen-bond donors (Lipinski definition) is 0. The first-order valence-electron chi connectivity index (χ1n) is 9.40. The Morgan fingerprint density at radius 2 is 1.38 bits per heavy atom. The van der Waals surface area contributed by atoms with Crippen molar-refractivity contribution in [1.29, 1.82) is 0 Å². The number of rotatable bonds is 6. The molecule has 0 aliphatic rings. The van der Waals surface area contributed by atoms with Crippen molar-refractivity contribution in [3.05, 3.63) is 102 Å². The maximum atomic E-state index is 4.26. The summed E-state index contributed by atoms with van der Waals surface area (Å²) in [4.78, 5) is 3.44. The van der Waals surface area contributed by atoms with Gasteiger partial charge in [0.15, 0.2) is 0 Å². The standard InChI is InChI=1S/C24H22N4S/c1-19(29-2)17-20-18-27(26-25-20)21-13-15-24(16-14-21)28(22-9-5-3-6-10-22)23-11-7-4-8-12-23/h3-18H,1-2H3/b19-17-. The van der Waals surface area contributed by atoms with Gasteiger partial charge in [-0.15, -0.1) is 16.9 Å². The molecule has 1 heterocycles. The highest BCUT2D eigenvalue weighted by Crippen LogP contribution is 2.34. The molecule has 0 bridgehead atoms. The van der Waals surface area contributed by atoms with Crippen molar-refractivity contribution in [3.63, 3.8) is 0 Å². The number of aromatic nitrogens is 3. The SMILES string of the molecule is CS/C(C)=C\c1cn(-c2ccc(N(c3ccccc3)c3ccccc3)cc2)nn1. The molecular formula is C24H22N4S. The maximum absolute atomic E-state index is 4.26. The molecule has 0 aliphatic carbocycles. The number of benzene rings is 3. The predicted molar refractivity (Wildman–Crippen MR) is 123 cm³/mol. The molecule has 0 radical (unpaired) electrons. The highest BCUT2D eigenvalue weighted by molar-refractivity contribution is 8.02. The summed E-state index contributed by atoms with van der Waals surface area (Å²) < 4.78 is 1.80. The molecule has 0 saturated carbocycles. The lowest BCUT2D eigenvalue weighted by Gasteiger charge is -2.25. The van der Waals surface area contributed by atoms with Crippen LogP contribution in [0.15, 0.2) is 96.0 Å². The molecule has 144 valence electrons. The van der Waals surface area contributed by atoms with Crippen LogP contribution in [0.5, 0.6) is 0 Å². The minimum absolute atomic E-state index is 0.858. The molecule has 3 aromatic carbocycles. The fourth-order valence-corrected chi connectivity index (χ4v) is 3.33. The molecule has 0 saturated heterocycles. The van der Waals surface area contributed by atoms with Crippen molar-refractivity contribution in [2.24, 2.45) is 0 Å². The lowest BCUT2D eigenvalue weighted by atomic mass is 10.2. The largest absolute Gasteiger partial charge is 0.311 e. The Kier molecular flexibility index (Phi) is 5.77. The van der Waals surface area contributed by atoms with E-state index in [0.29, 0.717) is 0 Å². The number of thioether (sulfide) groups is 1. The highest BCUT2D eigenvalue weighted by Gasteiger charge is 2.12. The second-order valence-corrected chi connectivity index (χ2v) is 7.62. The average Bonchev–Trinajstić information content (AvgIpc) is 3.24. The molecule has 1 aromatic heterocycles. The summed E-state index contributed by atoms with van der Waals surface area (Å²) in [5.41, 5.74) is 5.16. The number of hydrogen-bond acceptors (Lipinski definition) is 4. The van der Waals surface area contributed by atoms with Crippen molar-refractivity contribution >= 4 is 34.9 Å². The Bertz CT molecular complexity index is 1050. The molecule has 4 nitrogen and oxygen atoms in total. The third-order valence-electron chi connectivity index (χ3n) is 4.59. The summed E-state index contributed by atoms with van der Waals surface area (Å²) in [6.07, 6.45) is 6.04. The number of anilines is 3. The van der Waals surface area contributed by atoms with E-state index < -0.39 is 0 Å². The fourth-order valence-electron chi connectivity index (χ4n) is 3.09. The predicted octanol–water partition coefficient (Wildman–Crippen LogP) is 6.46. The van der Waals surface area contributed by atoms with Crippen LogP contribution in [0.1, 0.15) is 12.6 Å². The molecule has 4 rings (SSSR count). The van der Waals surface area contributed by atoms with Gasteiger partial charge in [-0.3, -0.25) is 0 Å². The summed E-state index contributed by atoms with van der Waals surface area (Å²) >= 11 is 1.70. The monoisotopic (exact) mass is 398 g/mol. The van der Waals surface area contributed by atoms with Gasteiger partial charge in [-0.25, -0.2) is 4.68 Å². The van der Waals surface area contributed by atoms with E-state index in [-0.39, 0.29) is 0 Å². The van der Waals surface area contributed by atoms with Crippen LogP contribution in [0.4, 0.5) is 17.1 Å². The Hall–Kier alpha value is -3.31. The number of para-hydroxylation sites is 2. The maximum Gasteiger partial charge on any atom is 0.107 e. The van der Waals surface area contributed by atoms with E-state index in [1.165, 1.54) is 4.91 Å². The zero-order valence-corrected chi connectivity index (χ0v) is 17.3. The number of allylic oxidation sites excluding steroid dienone is 1. The first-order chi connectivity index (χ1) is 14.2. The van der Waals surface area contributed by atoms with E-state index in [2.05, 4.69) is 101 Å². The minimum Gasteiger partial charge on any atom is -0.311 e. The molecule has 29 heavy (non-hydrogen) atoms.